The second-order valence-corrected chi connectivity index (χ2v) is 7.37. The fourth-order valence-electron chi connectivity index (χ4n) is 3.82. The van der Waals surface area contributed by atoms with Gasteiger partial charge in [0.2, 0.25) is 0 Å². The van der Waals surface area contributed by atoms with Gasteiger partial charge in [-0.15, -0.1) is 11.3 Å². The van der Waals surface area contributed by atoms with Crippen LogP contribution in [0.2, 0.25) is 0 Å². The summed E-state index contributed by atoms with van der Waals surface area (Å²) >= 11 is 1.86. The SMILES string of the molecule is Cn1cc(-c2ncnc3sc4c(c23)CCCC4)c2ccccc21. The standard InChI is InChI=1S/C19H17N3S/c1-22-10-14(12-6-2-4-8-15(12)22)18-17-13-7-3-5-9-16(13)23-19(17)21-11-20-18/h2,4,6,8,10-11H,3,5,7,9H2,1H3. The van der Waals surface area contributed by atoms with Crippen LogP contribution in [-0.4, -0.2) is 14.5 Å². The zero-order valence-corrected chi connectivity index (χ0v) is 13.9. The smallest absolute Gasteiger partial charge is 0.127 e. The first-order valence-corrected chi connectivity index (χ1v) is 8.94. The van der Waals surface area contributed by atoms with Crippen LogP contribution < -0.4 is 0 Å². The summed E-state index contributed by atoms with van der Waals surface area (Å²) in [7, 11) is 2.10. The van der Waals surface area contributed by atoms with Crippen LogP contribution in [0.5, 0.6) is 0 Å². The maximum absolute atomic E-state index is 4.70. The number of para-hydroxylation sites is 1. The van der Waals surface area contributed by atoms with E-state index >= 15 is 0 Å². The predicted molar refractivity (Wildman–Crippen MR) is 96.0 cm³/mol. The highest BCUT2D eigenvalue weighted by atomic mass is 32.1. The molecule has 114 valence electrons. The summed E-state index contributed by atoms with van der Waals surface area (Å²) in [6.45, 7) is 0. The van der Waals surface area contributed by atoms with Crippen LogP contribution in [0.15, 0.2) is 36.8 Å². The zero-order valence-electron chi connectivity index (χ0n) is 13.0. The van der Waals surface area contributed by atoms with E-state index in [0.717, 1.165) is 10.5 Å². The van der Waals surface area contributed by atoms with Gasteiger partial charge in [-0.3, -0.25) is 0 Å². The lowest BCUT2D eigenvalue weighted by Gasteiger charge is -2.11. The highest BCUT2D eigenvalue weighted by Gasteiger charge is 2.21. The Bertz CT molecular complexity index is 1040. The van der Waals surface area contributed by atoms with Crippen molar-refractivity contribution in [2.75, 3.05) is 0 Å². The van der Waals surface area contributed by atoms with Crippen LogP contribution in [-0.2, 0) is 19.9 Å². The molecule has 0 saturated carbocycles. The molecule has 4 heteroatoms. The molecule has 0 fully saturated rings. The first-order chi connectivity index (χ1) is 11.3. The highest BCUT2D eigenvalue weighted by molar-refractivity contribution is 7.18. The summed E-state index contributed by atoms with van der Waals surface area (Å²) in [5, 5.41) is 2.56. The number of rotatable bonds is 1. The number of nitrogens with zero attached hydrogens (tertiary/aromatic N) is 3. The Balaban J connectivity index is 1.87. The van der Waals surface area contributed by atoms with Gasteiger partial charge in [-0.2, -0.15) is 0 Å². The maximum Gasteiger partial charge on any atom is 0.127 e. The normalized spacial score (nSPS) is 14.5. The summed E-state index contributed by atoms with van der Waals surface area (Å²) in [6, 6.07) is 8.55. The number of benzene rings is 1. The van der Waals surface area contributed by atoms with E-state index < -0.39 is 0 Å². The molecule has 5 rings (SSSR count). The molecule has 1 aromatic carbocycles. The van der Waals surface area contributed by atoms with Gasteiger partial charge in [0.25, 0.3) is 0 Å². The molecule has 1 aliphatic rings. The van der Waals surface area contributed by atoms with Crippen molar-refractivity contribution in [2.24, 2.45) is 7.05 Å². The Hall–Kier alpha value is -2.20. The third kappa shape index (κ3) is 1.88. The monoisotopic (exact) mass is 319 g/mol. The number of aromatic nitrogens is 3. The first kappa shape index (κ1) is 13.3. The molecule has 0 spiro atoms. The molecule has 23 heavy (non-hydrogen) atoms. The molecular formula is C19H17N3S. The molecular weight excluding hydrogens is 302 g/mol. The van der Waals surface area contributed by atoms with Crippen molar-refractivity contribution in [3.63, 3.8) is 0 Å². The van der Waals surface area contributed by atoms with E-state index in [9.17, 15) is 0 Å². The second-order valence-electron chi connectivity index (χ2n) is 6.28. The molecule has 3 heterocycles. The van der Waals surface area contributed by atoms with Gasteiger partial charge in [0.15, 0.2) is 0 Å². The number of thiophene rings is 1. The van der Waals surface area contributed by atoms with E-state index in [2.05, 4.69) is 47.1 Å². The van der Waals surface area contributed by atoms with Crippen molar-refractivity contribution in [1.29, 1.82) is 0 Å². The van der Waals surface area contributed by atoms with Gasteiger partial charge in [0.1, 0.15) is 11.2 Å². The Kier molecular flexibility index (Phi) is 2.82. The summed E-state index contributed by atoms with van der Waals surface area (Å²) < 4.78 is 2.19. The van der Waals surface area contributed by atoms with Crippen molar-refractivity contribution in [3.05, 3.63) is 47.2 Å². The molecule has 0 aliphatic heterocycles. The van der Waals surface area contributed by atoms with Crippen LogP contribution >= 0.6 is 11.3 Å². The fraction of sp³-hybridized carbons (Fsp3) is 0.263. The molecule has 3 aromatic heterocycles. The number of aryl methyl sites for hydroxylation is 3. The lowest BCUT2D eigenvalue weighted by Crippen LogP contribution is -1.99. The van der Waals surface area contributed by atoms with Crippen molar-refractivity contribution >= 4 is 32.5 Å². The van der Waals surface area contributed by atoms with Crippen molar-refractivity contribution in [1.82, 2.24) is 14.5 Å². The molecule has 0 bridgehead atoms. The maximum atomic E-state index is 4.70. The van der Waals surface area contributed by atoms with Gasteiger partial charge in [0, 0.05) is 40.0 Å². The molecule has 0 saturated heterocycles. The summed E-state index contributed by atoms with van der Waals surface area (Å²) in [6.07, 6.45) is 8.88. The molecule has 0 unspecified atom stereocenters. The van der Waals surface area contributed by atoms with Crippen LogP contribution in [0.4, 0.5) is 0 Å². The van der Waals surface area contributed by atoms with E-state index in [1.54, 1.807) is 6.33 Å². The average molecular weight is 319 g/mol. The van der Waals surface area contributed by atoms with Crippen molar-refractivity contribution in [2.45, 2.75) is 25.7 Å². The van der Waals surface area contributed by atoms with Gasteiger partial charge < -0.3 is 4.57 Å². The van der Waals surface area contributed by atoms with Crippen molar-refractivity contribution in [3.8, 4) is 11.3 Å². The van der Waals surface area contributed by atoms with Gasteiger partial charge >= 0.3 is 0 Å². The Morgan fingerprint density at radius 2 is 1.96 bits per heavy atom. The largest absolute Gasteiger partial charge is 0.350 e. The van der Waals surface area contributed by atoms with Gasteiger partial charge in [-0.25, -0.2) is 9.97 Å². The van der Waals surface area contributed by atoms with E-state index in [0.29, 0.717) is 0 Å². The second kappa shape index (κ2) is 4.90. The Morgan fingerprint density at radius 3 is 2.91 bits per heavy atom. The molecule has 0 N–H and O–H groups in total. The van der Waals surface area contributed by atoms with Crippen LogP contribution in [0, 0.1) is 0 Å². The van der Waals surface area contributed by atoms with Gasteiger partial charge in [-0.05, 0) is 37.3 Å². The highest BCUT2D eigenvalue weighted by Crippen LogP contribution is 2.41. The molecule has 0 amide bonds. The van der Waals surface area contributed by atoms with Crippen LogP contribution in [0.25, 0.3) is 32.4 Å². The zero-order chi connectivity index (χ0) is 15.4. The first-order valence-electron chi connectivity index (χ1n) is 8.12. The average Bonchev–Trinajstić information content (AvgIpc) is 3.13. The fourth-order valence-corrected chi connectivity index (χ4v) is 5.05. The molecule has 4 aromatic rings. The molecule has 3 nitrogen and oxygen atoms in total. The molecule has 1 aliphatic carbocycles. The minimum atomic E-state index is 1.10. The number of fused-ring (bicyclic) bond motifs is 4. The predicted octanol–water partition coefficient (Wildman–Crippen LogP) is 4.73. The van der Waals surface area contributed by atoms with Gasteiger partial charge in [0.05, 0.1) is 5.69 Å². The lowest BCUT2D eigenvalue weighted by atomic mass is 9.95. The van der Waals surface area contributed by atoms with Crippen molar-refractivity contribution < 1.29 is 0 Å². The number of hydrogen-bond acceptors (Lipinski definition) is 3. The minimum Gasteiger partial charge on any atom is -0.350 e. The Labute approximate surface area is 138 Å². The summed E-state index contributed by atoms with van der Waals surface area (Å²) in [5.74, 6) is 0. The lowest BCUT2D eigenvalue weighted by molar-refractivity contribution is 0.700. The van der Waals surface area contributed by atoms with Gasteiger partial charge in [-0.1, -0.05) is 18.2 Å². The van der Waals surface area contributed by atoms with Crippen LogP contribution in [0.1, 0.15) is 23.3 Å². The van der Waals surface area contributed by atoms with Crippen LogP contribution in [0.3, 0.4) is 0 Å². The molecule has 0 radical (unpaired) electrons. The quantitative estimate of drug-likeness (QED) is 0.508. The third-order valence-electron chi connectivity index (χ3n) is 4.90. The topological polar surface area (TPSA) is 30.7 Å². The molecule has 0 atom stereocenters. The Morgan fingerprint density at radius 1 is 1.09 bits per heavy atom. The van der Waals surface area contributed by atoms with E-state index in [4.69, 9.17) is 4.98 Å². The third-order valence-corrected chi connectivity index (χ3v) is 6.10. The summed E-state index contributed by atoms with van der Waals surface area (Å²) in [4.78, 5) is 11.9. The minimum absolute atomic E-state index is 1.10. The van der Waals surface area contributed by atoms with E-state index in [-0.39, 0.29) is 0 Å². The number of hydrogen-bond donors (Lipinski definition) is 0. The van der Waals surface area contributed by atoms with E-state index in [1.807, 2.05) is 11.3 Å². The van der Waals surface area contributed by atoms with E-state index in [1.165, 1.54) is 58.0 Å². The summed E-state index contributed by atoms with van der Waals surface area (Å²) in [5.41, 5.74) is 5.08.